The lowest BCUT2D eigenvalue weighted by Crippen LogP contribution is -2.36. The number of anilines is 1. The van der Waals surface area contributed by atoms with Crippen molar-refractivity contribution < 1.29 is 33.4 Å². The van der Waals surface area contributed by atoms with E-state index < -0.39 is 16.9 Å². The van der Waals surface area contributed by atoms with Gasteiger partial charge in [0.05, 0.1) is 29.9 Å². The van der Waals surface area contributed by atoms with E-state index >= 15 is 0 Å². The van der Waals surface area contributed by atoms with Gasteiger partial charge in [-0.25, -0.2) is 5.01 Å². The highest BCUT2D eigenvalue weighted by molar-refractivity contribution is 6.09. The van der Waals surface area contributed by atoms with Crippen LogP contribution in [0.3, 0.4) is 0 Å². The van der Waals surface area contributed by atoms with Crippen molar-refractivity contribution in [3.05, 3.63) is 87.0 Å². The van der Waals surface area contributed by atoms with Gasteiger partial charge in [0.1, 0.15) is 5.69 Å². The van der Waals surface area contributed by atoms with Gasteiger partial charge < -0.3 is 28.6 Å². The predicted molar refractivity (Wildman–Crippen MR) is 163 cm³/mol. The third-order valence-electron chi connectivity index (χ3n) is 8.96. The number of ether oxygens (including phenoxy) is 5. The summed E-state index contributed by atoms with van der Waals surface area (Å²) in [4.78, 5) is 28.0. The molecular formula is C33H30N4O8. The number of morpholine rings is 1. The molecule has 3 aromatic carbocycles. The van der Waals surface area contributed by atoms with Crippen LogP contribution in [0, 0.1) is 16.0 Å². The van der Waals surface area contributed by atoms with Gasteiger partial charge in [-0.1, -0.05) is 12.1 Å². The molecule has 2 fully saturated rings. The van der Waals surface area contributed by atoms with Crippen molar-refractivity contribution in [3.8, 4) is 23.0 Å². The number of rotatable bonds is 5. The fourth-order valence-electron chi connectivity index (χ4n) is 6.81. The molecule has 230 valence electrons. The summed E-state index contributed by atoms with van der Waals surface area (Å²) in [5.74, 6) is 2.19. The molecule has 0 spiro atoms. The van der Waals surface area contributed by atoms with E-state index in [1.807, 2.05) is 41.3 Å². The molecule has 0 unspecified atom stereocenters. The zero-order valence-corrected chi connectivity index (χ0v) is 24.3. The molecule has 0 bridgehead atoms. The predicted octanol–water partition coefficient (Wildman–Crippen LogP) is 5.33. The maximum absolute atomic E-state index is 14.3. The Kier molecular flexibility index (Phi) is 6.78. The quantitative estimate of drug-likeness (QED) is 0.279. The number of nitrogens with zero attached hydrogens (tertiary/aromatic N) is 4. The largest absolute Gasteiger partial charge is 0.454 e. The van der Waals surface area contributed by atoms with E-state index in [1.165, 1.54) is 11.1 Å². The number of benzene rings is 3. The molecular weight excluding hydrogens is 580 g/mol. The zero-order valence-electron chi connectivity index (χ0n) is 24.3. The van der Waals surface area contributed by atoms with Gasteiger partial charge in [0.2, 0.25) is 13.6 Å². The number of carbonyl (C=O) groups is 1. The van der Waals surface area contributed by atoms with Gasteiger partial charge in [-0.3, -0.25) is 14.9 Å². The second-order valence-corrected chi connectivity index (χ2v) is 11.5. The van der Waals surface area contributed by atoms with E-state index in [4.69, 9.17) is 28.8 Å². The van der Waals surface area contributed by atoms with Crippen LogP contribution in [0.5, 0.6) is 23.0 Å². The standard InChI is InChI=1S/C33H30N4O8/c38-33(23-5-7-25(26(16-23)37(39)40)35-10-12-41-13-11-35)36-32(22-6-9-28-30(17-22)45-19-43-28)24-3-1-2-21(31(24)34-36)14-20-4-8-27-29(15-20)44-18-42-27/h4-9,14-17,24,32H,1-3,10-13,18-19H2/b21-14+/t24-,32-/m0/s1. The molecule has 1 aliphatic carbocycles. The summed E-state index contributed by atoms with van der Waals surface area (Å²) in [5.41, 5.74) is 4.26. The molecule has 12 nitrogen and oxygen atoms in total. The van der Waals surface area contributed by atoms with Crippen LogP contribution in [0.1, 0.15) is 46.8 Å². The Balaban J connectivity index is 1.19. The van der Waals surface area contributed by atoms with E-state index in [9.17, 15) is 14.9 Å². The normalized spacial score (nSPS) is 22.4. The van der Waals surface area contributed by atoms with E-state index in [0.717, 1.165) is 41.7 Å². The Bertz CT molecular complexity index is 1770. The van der Waals surface area contributed by atoms with Crippen molar-refractivity contribution in [2.24, 2.45) is 11.0 Å². The third-order valence-corrected chi connectivity index (χ3v) is 8.96. The third kappa shape index (κ3) is 4.91. The first-order chi connectivity index (χ1) is 22.0. The lowest BCUT2D eigenvalue weighted by Gasteiger charge is -2.30. The van der Waals surface area contributed by atoms with Gasteiger partial charge >= 0.3 is 0 Å². The number of hydrogen-bond acceptors (Lipinski definition) is 10. The number of hydrazone groups is 1. The summed E-state index contributed by atoms with van der Waals surface area (Å²) in [6.07, 6.45) is 4.65. The molecule has 1 amide bonds. The van der Waals surface area contributed by atoms with E-state index in [-0.39, 0.29) is 30.8 Å². The summed E-state index contributed by atoms with van der Waals surface area (Å²) >= 11 is 0. The van der Waals surface area contributed by atoms with Gasteiger partial charge in [0.15, 0.2) is 23.0 Å². The lowest BCUT2D eigenvalue weighted by molar-refractivity contribution is -0.384. The highest BCUT2D eigenvalue weighted by atomic mass is 16.7. The Hall–Kier alpha value is -5.10. The molecule has 5 aliphatic rings. The molecule has 3 aromatic rings. The molecule has 0 N–H and O–H groups in total. The maximum Gasteiger partial charge on any atom is 0.293 e. The molecule has 1 saturated carbocycles. The number of allylic oxidation sites excluding steroid dienone is 1. The number of nitro benzene ring substituents is 1. The van der Waals surface area contributed by atoms with Crippen LogP contribution in [0.25, 0.3) is 6.08 Å². The number of carbonyl (C=O) groups excluding carboxylic acids is 1. The number of nitro groups is 1. The molecule has 4 aliphatic heterocycles. The molecule has 12 heteroatoms. The molecule has 1 saturated heterocycles. The summed E-state index contributed by atoms with van der Waals surface area (Å²) in [6.45, 7) is 2.40. The van der Waals surface area contributed by atoms with Crippen LogP contribution < -0.4 is 23.8 Å². The first-order valence-electron chi connectivity index (χ1n) is 15.1. The van der Waals surface area contributed by atoms with Crippen molar-refractivity contribution >= 4 is 29.1 Å². The Labute approximate surface area is 258 Å². The average Bonchev–Trinajstić information content (AvgIpc) is 3.83. The van der Waals surface area contributed by atoms with Crippen molar-refractivity contribution in [1.29, 1.82) is 0 Å². The van der Waals surface area contributed by atoms with Crippen LogP contribution in [0.15, 0.2) is 65.3 Å². The molecule has 2 atom stereocenters. The topological polar surface area (TPSA) is 125 Å². The number of hydrogen-bond donors (Lipinski definition) is 0. The fraction of sp³-hybridized carbons (Fsp3) is 0.333. The van der Waals surface area contributed by atoms with Crippen molar-refractivity contribution in [3.63, 3.8) is 0 Å². The summed E-state index contributed by atoms with van der Waals surface area (Å²) < 4.78 is 27.7. The second kappa shape index (κ2) is 11.1. The summed E-state index contributed by atoms with van der Waals surface area (Å²) in [5, 5.41) is 18.7. The Morgan fingerprint density at radius 2 is 1.64 bits per heavy atom. The van der Waals surface area contributed by atoms with E-state index in [0.29, 0.717) is 55.0 Å². The SMILES string of the molecule is O=C(c1ccc(N2CCOCC2)c([N+](=O)[O-])c1)N1N=C2/C(=C/c3ccc4c(c3)OCO4)CCC[C@@H]2[C@@H]1c1ccc2c(c1)OCO2. The number of amides is 1. The van der Waals surface area contributed by atoms with Crippen LogP contribution in [0.4, 0.5) is 11.4 Å². The van der Waals surface area contributed by atoms with Gasteiger partial charge in [0.25, 0.3) is 11.6 Å². The van der Waals surface area contributed by atoms with Gasteiger partial charge in [-0.05, 0) is 78.4 Å². The first kappa shape index (κ1) is 27.4. The first-order valence-corrected chi connectivity index (χ1v) is 15.1. The van der Waals surface area contributed by atoms with Crippen molar-refractivity contribution in [1.82, 2.24) is 5.01 Å². The maximum atomic E-state index is 14.3. The summed E-state index contributed by atoms with van der Waals surface area (Å²) in [6, 6.07) is 15.8. The molecule has 4 heterocycles. The zero-order chi connectivity index (χ0) is 30.5. The summed E-state index contributed by atoms with van der Waals surface area (Å²) in [7, 11) is 0. The molecule has 0 radical (unpaired) electrons. The van der Waals surface area contributed by atoms with Gasteiger partial charge in [-0.15, -0.1) is 0 Å². The minimum atomic E-state index is -0.432. The highest BCUT2D eigenvalue weighted by Crippen LogP contribution is 2.47. The molecule has 0 aromatic heterocycles. The Morgan fingerprint density at radius 1 is 0.911 bits per heavy atom. The van der Waals surface area contributed by atoms with Crippen LogP contribution in [0.2, 0.25) is 0 Å². The molecule has 8 rings (SSSR count). The van der Waals surface area contributed by atoms with Gasteiger partial charge in [0, 0.05) is 30.6 Å². The Morgan fingerprint density at radius 3 is 2.42 bits per heavy atom. The van der Waals surface area contributed by atoms with Crippen LogP contribution in [-0.2, 0) is 4.74 Å². The van der Waals surface area contributed by atoms with Gasteiger partial charge in [-0.2, -0.15) is 5.10 Å². The minimum absolute atomic E-state index is 0.0778. The minimum Gasteiger partial charge on any atom is -0.454 e. The number of fused-ring (bicyclic) bond motifs is 3. The van der Waals surface area contributed by atoms with Crippen LogP contribution >= 0.6 is 0 Å². The smallest absolute Gasteiger partial charge is 0.293 e. The lowest BCUT2D eigenvalue weighted by atomic mass is 9.77. The monoisotopic (exact) mass is 610 g/mol. The van der Waals surface area contributed by atoms with E-state index in [1.54, 1.807) is 12.1 Å². The second-order valence-electron chi connectivity index (χ2n) is 11.5. The van der Waals surface area contributed by atoms with Crippen molar-refractivity contribution in [2.75, 3.05) is 44.8 Å². The highest BCUT2D eigenvalue weighted by Gasteiger charge is 2.44. The van der Waals surface area contributed by atoms with E-state index in [2.05, 4.69) is 6.08 Å². The van der Waals surface area contributed by atoms with Crippen molar-refractivity contribution in [2.45, 2.75) is 25.3 Å². The average molecular weight is 611 g/mol. The fourth-order valence-corrected chi connectivity index (χ4v) is 6.81. The molecule has 45 heavy (non-hydrogen) atoms. The van der Waals surface area contributed by atoms with Crippen LogP contribution in [-0.4, -0.2) is 61.4 Å².